The Balaban J connectivity index is 1.89. The molecule has 0 spiro atoms. The van der Waals surface area contributed by atoms with Crippen LogP contribution < -0.4 is 11.1 Å². The highest BCUT2D eigenvalue weighted by Gasteiger charge is 2.72. The molecule has 1 saturated carbocycles. The largest absolute Gasteiger partial charge is 0.446 e. The topological polar surface area (TPSA) is 55.1 Å². The first-order valence-corrected chi connectivity index (χ1v) is 9.68. The molecule has 3 N–H and O–H groups in total. The summed E-state index contributed by atoms with van der Waals surface area (Å²) >= 11 is 0. The maximum absolute atomic E-state index is 14.6. The molecule has 2 aliphatic rings. The Labute approximate surface area is 158 Å². The highest BCUT2D eigenvalue weighted by Crippen LogP contribution is 2.50. The summed E-state index contributed by atoms with van der Waals surface area (Å²) in [6.45, 7) is 0.939. The smallest absolute Gasteiger partial charge is 0.346 e. The lowest BCUT2D eigenvalue weighted by atomic mass is 9.72. The van der Waals surface area contributed by atoms with E-state index in [1.165, 1.54) is 0 Å². The van der Waals surface area contributed by atoms with E-state index in [-0.39, 0.29) is 29.7 Å². The monoisotopic (exact) mass is 384 g/mol. The van der Waals surface area contributed by atoms with Crippen molar-refractivity contribution in [3.05, 3.63) is 35.9 Å². The SMILES string of the molecule is C[N+]1([C@]2(C(F)(F)F)C[C@@H](N)CCC2NC(=O)Cc2ccccc2)CCCC1. The Morgan fingerprint density at radius 3 is 2.44 bits per heavy atom. The zero-order chi connectivity index (χ0) is 19.7. The average Bonchev–Trinajstić information content (AvgIpc) is 3.04. The molecule has 0 bridgehead atoms. The van der Waals surface area contributed by atoms with Crippen molar-refractivity contribution in [1.82, 2.24) is 5.32 Å². The molecular formula is C20H29F3N3O+. The molecule has 4 nitrogen and oxygen atoms in total. The van der Waals surface area contributed by atoms with Crippen molar-refractivity contribution in [2.75, 3.05) is 20.1 Å². The van der Waals surface area contributed by atoms with Crippen LogP contribution in [0.3, 0.4) is 0 Å². The van der Waals surface area contributed by atoms with Crippen molar-refractivity contribution >= 4 is 5.91 Å². The van der Waals surface area contributed by atoms with Gasteiger partial charge in [0.05, 0.1) is 32.6 Å². The molecule has 1 amide bonds. The van der Waals surface area contributed by atoms with E-state index >= 15 is 0 Å². The third-order valence-electron chi connectivity index (χ3n) is 6.53. The van der Waals surface area contributed by atoms with Crippen molar-refractivity contribution in [2.45, 2.75) is 62.3 Å². The zero-order valence-corrected chi connectivity index (χ0v) is 15.8. The quantitative estimate of drug-likeness (QED) is 0.785. The van der Waals surface area contributed by atoms with E-state index in [0.29, 0.717) is 19.5 Å². The minimum Gasteiger partial charge on any atom is -0.346 e. The first-order valence-electron chi connectivity index (χ1n) is 9.68. The zero-order valence-electron chi connectivity index (χ0n) is 15.8. The van der Waals surface area contributed by atoms with Crippen LogP contribution in [0.1, 0.15) is 37.7 Å². The van der Waals surface area contributed by atoms with Crippen LogP contribution in [0.5, 0.6) is 0 Å². The van der Waals surface area contributed by atoms with Crippen LogP contribution in [0.15, 0.2) is 30.3 Å². The van der Waals surface area contributed by atoms with Crippen LogP contribution in [0.4, 0.5) is 13.2 Å². The molecule has 1 unspecified atom stereocenters. The van der Waals surface area contributed by atoms with Gasteiger partial charge in [0.1, 0.15) is 0 Å². The van der Waals surface area contributed by atoms with Crippen molar-refractivity contribution in [1.29, 1.82) is 0 Å². The van der Waals surface area contributed by atoms with E-state index in [4.69, 9.17) is 5.73 Å². The summed E-state index contributed by atoms with van der Waals surface area (Å²) in [5.41, 5.74) is 4.80. The van der Waals surface area contributed by atoms with Crippen LogP contribution in [0.2, 0.25) is 0 Å². The summed E-state index contributed by atoms with van der Waals surface area (Å²) in [6.07, 6.45) is -2.19. The third kappa shape index (κ3) is 3.72. The van der Waals surface area contributed by atoms with Gasteiger partial charge in [0.2, 0.25) is 11.4 Å². The fourth-order valence-corrected chi connectivity index (χ4v) is 5.13. The molecule has 7 heteroatoms. The second-order valence-corrected chi connectivity index (χ2v) is 8.30. The standard InChI is InChI=1S/C20H28F3N3O/c1-26(11-5-6-12-26)19(20(21,22)23)14-16(24)9-10-17(19)25-18(27)13-15-7-3-2-4-8-15/h2-4,7-8,16-17H,5-6,9-14,24H2,1H3/p+1/t16-,17?,19+/m0/s1. The molecule has 3 rings (SSSR count). The number of carbonyl (C=O) groups is 1. The lowest BCUT2D eigenvalue weighted by Crippen LogP contribution is -2.78. The minimum atomic E-state index is -4.44. The highest BCUT2D eigenvalue weighted by molar-refractivity contribution is 5.79. The van der Waals surface area contributed by atoms with Crippen LogP contribution >= 0.6 is 0 Å². The second kappa shape index (κ2) is 7.43. The summed E-state index contributed by atoms with van der Waals surface area (Å²) in [6, 6.07) is 7.65. The number of likely N-dealkylation sites (N-methyl/N-ethyl adjacent to an activating group) is 1. The normalized spacial score (nSPS) is 30.9. The maximum Gasteiger partial charge on any atom is 0.446 e. The number of halogens is 3. The third-order valence-corrected chi connectivity index (χ3v) is 6.53. The van der Waals surface area contributed by atoms with E-state index in [1.54, 1.807) is 7.05 Å². The first kappa shape index (κ1) is 20.1. The number of hydrogen-bond acceptors (Lipinski definition) is 2. The summed E-state index contributed by atoms with van der Waals surface area (Å²) < 4.78 is 43.6. The van der Waals surface area contributed by atoms with E-state index in [1.807, 2.05) is 30.3 Å². The van der Waals surface area contributed by atoms with Crippen molar-refractivity contribution in [3.8, 4) is 0 Å². The summed E-state index contributed by atoms with van der Waals surface area (Å²) in [4.78, 5) is 12.6. The summed E-state index contributed by atoms with van der Waals surface area (Å²) in [7, 11) is 1.69. The molecule has 1 aliphatic carbocycles. The van der Waals surface area contributed by atoms with Gasteiger partial charge in [0.25, 0.3) is 0 Å². The van der Waals surface area contributed by atoms with Gasteiger partial charge < -0.3 is 15.5 Å². The van der Waals surface area contributed by atoms with Crippen LogP contribution in [-0.2, 0) is 11.2 Å². The van der Waals surface area contributed by atoms with Gasteiger partial charge in [-0.15, -0.1) is 0 Å². The summed E-state index contributed by atoms with van der Waals surface area (Å²) in [5, 5.41) is 2.76. The van der Waals surface area contributed by atoms with Gasteiger partial charge in [-0.05, 0) is 18.4 Å². The lowest BCUT2D eigenvalue weighted by molar-refractivity contribution is -0.965. The summed E-state index contributed by atoms with van der Waals surface area (Å²) in [5.74, 6) is -0.360. The molecule has 1 aromatic rings. The molecule has 1 aliphatic heterocycles. The minimum absolute atomic E-state index is 0.0829. The van der Waals surface area contributed by atoms with Gasteiger partial charge in [-0.3, -0.25) is 4.79 Å². The van der Waals surface area contributed by atoms with E-state index in [0.717, 1.165) is 18.4 Å². The number of nitrogens with zero attached hydrogens (tertiary/aromatic N) is 1. The molecule has 3 atom stereocenters. The maximum atomic E-state index is 14.6. The van der Waals surface area contributed by atoms with Crippen molar-refractivity contribution < 1.29 is 22.4 Å². The molecule has 1 saturated heterocycles. The number of rotatable bonds is 4. The predicted molar refractivity (Wildman–Crippen MR) is 97.8 cm³/mol. The van der Waals surface area contributed by atoms with E-state index in [9.17, 15) is 18.0 Å². The van der Waals surface area contributed by atoms with Gasteiger partial charge >= 0.3 is 6.18 Å². The molecule has 1 heterocycles. The van der Waals surface area contributed by atoms with E-state index < -0.39 is 23.8 Å². The van der Waals surface area contributed by atoms with E-state index in [2.05, 4.69) is 5.32 Å². The Bertz CT molecular complexity index is 658. The molecule has 1 aromatic carbocycles. The van der Waals surface area contributed by atoms with Crippen molar-refractivity contribution in [2.24, 2.45) is 5.73 Å². The fraction of sp³-hybridized carbons (Fsp3) is 0.650. The molecule has 2 fully saturated rings. The van der Waals surface area contributed by atoms with Gasteiger partial charge in [0, 0.05) is 25.3 Å². The number of quaternary nitrogens is 1. The average molecular weight is 384 g/mol. The molecule has 27 heavy (non-hydrogen) atoms. The molecule has 0 aromatic heterocycles. The number of benzene rings is 1. The first-order chi connectivity index (χ1) is 12.7. The second-order valence-electron chi connectivity index (χ2n) is 8.30. The predicted octanol–water partition coefficient (Wildman–Crippen LogP) is 2.77. The van der Waals surface area contributed by atoms with Gasteiger partial charge in [-0.25, -0.2) is 0 Å². The Hall–Kier alpha value is -1.60. The van der Waals surface area contributed by atoms with Crippen LogP contribution in [0, 0.1) is 0 Å². The number of hydrogen-bond donors (Lipinski definition) is 2. The number of amides is 1. The molecule has 0 radical (unpaired) electrons. The van der Waals surface area contributed by atoms with Crippen LogP contribution in [0.25, 0.3) is 0 Å². The highest BCUT2D eigenvalue weighted by atomic mass is 19.4. The number of carbonyl (C=O) groups excluding carboxylic acids is 1. The number of alkyl halides is 3. The number of likely N-dealkylation sites (tertiary alicyclic amines) is 1. The Morgan fingerprint density at radius 2 is 1.85 bits per heavy atom. The Morgan fingerprint density at radius 1 is 1.22 bits per heavy atom. The van der Waals surface area contributed by atoms with Gasteiger partial charge in [0.15, 0.2) is 0 Å². The number of nitrogens with two attached hydrogens (primary N) is 1. The Kier molecular flexibility index (Phi) is 5.54. The lowest BCUT2D eigenvalue weighted by Gasteiger charge is -2.55. The van der Waals surface area contributed by atoms with Crippen molar-refractivity contribution in [3.63, 3.8) is 0 Å². The van der Waals surface area contributed by atoms with Gasteiger partial charge in [-0.2, -0.15) is 13.2 Å². The fourth-order valence-electron chi connectivity index (χ4n) is 5.13. The van der Waals surface area contributed by atoms with Crippen LogP contribution in [-0.4, -0.2) is 54.3 Å². The molecule has 150 valence electrons. The van der Waals surface area contributed by atoms with Gasteiger partial charge in [-0.1, -0.05) is 30.3 Å². The number of nitrogens with one attached hydrogen (secondary N) is 1. The molecular weight excluding hydrogens is 355 g/mol.